The molecule has 1 aliphatic heterocycles. The lowest BCUT2D eigenvalue weighted by atomic mass is 9.97. The van der Waals surface area contributed by atoms with E-state index < -0.39 is 24.5 Å². The molecule has 2 aromatic heterocycles. The number of ether oxygens (including phenoxy) is 1. The molecule has 0 aliphatic carbocycles. The van der Waals surface area contributed by atoms with Crippen LogP contribution in [0.1, 0.15) is 20.1 Å². The molecule has 8 heteroatoms. The van der Waals surface area contributed by atoms with Crippen LogP contribution in [0.2, 0.25) is 0 Å². The van der Waals surface area contributed by atoms with Gasteiger partial charge < -0.3 is 20.7 Å². The van der Waals surface area contributed by atoms with Crippen LogP contribution in [0.3, 0.4) is 0 Å². The van der Waals surface area contributed by atoms with Crippen molar-refractivity contribution in [2.45, 2.75) is 38.4 Å². The minimum atomic E-state index is -0.761. The molecular formula is C12H17N5O3. The van der Waals surface area contributed by atoms with E-state index in [0.29, 0.717) is 11.2 Å². The van der Waals surface area contributed by atoms with E-state index in [4.69, 9.17) is 10.5 Å². The molecular weight excluding hydrogens is 262 g/mol. The number of aliphatic hydroxyl groups excluding tert-OH is 2. The number of aromatic nitrogens is 4. The molecule has 3 rings (SSSR count). The molecule has 0 bridgehead atoms. The summed E-state index contributed by atoms with van der Waals surface area (Å²) >= 11 is 0. The van der Waals surface area contributed by atoms with Crippen molar-refractivity contribution in [3.8, 4) is 0 Å². The number of nitrogens with zero attached hydrogens (tertiary/aromatic N) is 4. The molecule has 2 aromatic rings. The Hall–Kier alpha value is -1.77. The van der Waals surface area contributed by atoms with E-state index >= 15 is 0 Å². The second kappa shape index (κ2) is 4.65. The van der Waals surface area contributed by atoms with Crippen LogP contribution in [0.5, 0.6) is 0 Å². The number of aliphatic hydroxyl groups is 2. The predicted molar refractivity (Wildman–Crippen MR) is 70.5 cm³/mol. The third kappa shape index (κ3) is 1.84. The summed E-state index contributed by atoms with van der Waals surface area (Å²) in [6, 6.07) is 0. The van der Waals surface area contributed by atoms with Crippen LogP contribution >= 0.6 is 0 Å². The van der Waals surface area contributed by atoms with Gasteiger partial charge in [0.15, 0.2) is 17.7 Å². The first-order chi connectivity index (χ1) is 9.50. The predicted octanol–water partition coefficient (Wildman–Crippen LogP) is -0.316. The molecule has 0 radical (unpaired) electrons. The van der Waals surface area contributed by atoms with Gasteiger partial charge in [-0.1, -0.05) is 6.92 Å². The van der Waals surface area contributed by atoms with Crippen LogP contribution in [0.15, 0.2) is 12.7 Å². The van der Waals surface area contributed by atoms with Crippen LogP contribution in [0.4, 0.5) is 5.82 Å². The summed E-state index contributed by atoms with van der Waals surface area (Å²) in [6.45, 7) is 3.48. The molecule has 0 saturated carbocycles. The summed E-state index contributed by atoms with van der Waals surface area (Å²) in [6.07, 6.45) is 0.339. The summed E-state index contributed by atoms with van der Waals surface area (Å²) in [5, 5.41) is 20.0. The lowest BCUT2D eigenvalue weighted by Crippen LogP contribution is -2.30. The van der Waals surface area contributed by atoms with Crippen molar-refractivity contribution in [1.29, 1.82) is 0 Å². The summed E-state index contributed by atoms with van der Waals surface area (Å²) < 4.78 is 7.38. The fraction of sp³-hybridized carbons (Fsp3) is 0.583. The molecule has 108 valence electrons. The molecule has 1 fully saturated rings. The Morgan fingerprint density at radius 1 is 1.40 bits per heavy atom. The molecule has 3 heterocycles. The van der Waals surface area contributed by atoms with E-state index in [1.165, 1.54) is 12.7 Å². The highest BCUT2D eigenvalue weighted by atomic mass is 16.5. The number of imidazole rings is 1. The lowest BCUT2D eigenvalue weighted by molar-refractivity contribution is -0.0715. The Labute approximate surface area is 115 Å². The van der Waals surface area contributed by atoms with Crippen LogP contribution in [-0.2, 0) is 4.74 Å². The van der Waals surface area contributed by atoms with Crippen molar-refractivity contribution >= 4 is 17.0 Å². The fourth-order valence-corrected chi connectivity index (χ4v) is 2.66. The molecule has 0 amide bonds. The van der Waals surface area contributed by atoms with Gasteiger partial charge in [-0.3, -0.25) is 4.57 Å². The van der Waals surface area contributed by atoms with E-state index in [-0.39, 0.29) is 11.7 Å². The zero-order valence-corrected chi connectivity index (χ0v) is 11.2. The Balaban J connectivity index is 2.02. The maximum atomic E-state index is 10.3. The first kappa shape index (κ1) is 13.2. The average Bonchev–Trinajstić information content (AvgIpc) is 2.94. The molecule has 5 unspecified atom stereocenters. The zero-order chi connectivity index (χ0) is 14.4. The SMILES string of the molecule is CC(O)C1OC(n2cnc3c(N)ncnc32)C(O)C1C. The monoisotopic (exact) mass is 279 g/mol. The van der Waals surface area contributed by atoms with Crippen molar-refractivity contribution < 1.29 is 14.9 Å². The standard InChI is InChI=1S/C12H17N5O3/c1-5-8(19)12(20-9(5)6(2)18)17-4-16-7-10(13)14-3-15-11(7)17/h3-6,8-9,12,18-19H,1-2H3,(H2,13,14,15). The largest absolute Gasteiger partial charge is 0.391 e. The quantitative estimate of drug-likeness (QED) is 0.689. The van der Waals surface area contributed by atoms with Crippen molar-refractivity contribution in [3.63, 3.8) is 0 Å². The third-order valence-electron chi connectivity index (χ3n) is 3.78. The van der Waals surface area contributed by atoms with Gasteiger partial charge in [0.1, 0.15) is 17.9 Å². The summed E-state index contributed by atoms with van der Waals surface area (Å²) in [5.74, 6) is 0.0815. The van der Waals surface area contributed by atoms with Crippen LogP contribution < -0.4 is 5.73 Å². The molecule has 20 heavy (non-hydrogen) atoms. The van der Waals surface area contributed by atoms with E-state index in [1.54, 1.807) is 11.5 Å². The minimum Gasteiger partial charge on any atom is -0.391 e. The topological polar surface area (TPSA) is 119 Å². The van der Waals surface area contributed by atoms with Crippen molar-refractivity contribution in [1.82, 2.24) is 19.5 Å². The second-order valence-electron chi connectivity index (χ2n) is 5.16. The number of fused-ring (bicyclic) bond motifs is 1. The van der Waals surface area contributed by atoms with E-state index in [2.05, 4.69) is 15.0 Å². The number of nitrogen functional groups attached to an aromatic ring is 1. The van der Waals surface area contributed by atoms with Gasteiger partial charge in [0.25, 0.3) is 0 Å². The van der Waals surface area contributed by atoms with Crippen LogP contribution in [0, 0.1) is 5.92 Å². The van der Waals surface area contributed by atoms with Gasteiger partial charge in [0.2, 0.25) is 0 Å². The Morgan fingerprint density at radius 3 is 2.80 bits per heavy atom. The highest BCUT2D eigenvalue weighted by Crippen LogP contribution is 2.36. The Kier molecular flexibility index (Phi) is 3.08. The molecule has 1 saturated heterocycles. The van der Waals surface area contributed by atoms with Gasteiger partial charge >= 0.3 is 0 Å². The van der Waals surface area contributed by atoms with Crippen LogP contribution in [0.25, 0.3) is 11.2 Å². The highest BCUT2D eigenvalue weighted by Gasteiger charge is 2.44. The molecule has 5 atom stereocenters. The molecule has 4 N–H and O–H groups in total. The summed E-state index contributed by atoms with van der Waals surface area (Å²) in [4.78, 5) is 12.2. The highest BCUT2D eigenvalue weighted by molar-refractivity contribution is 5.81. The summed E-state index contributed by atoms with van der Waals surface area (Å²) in [7, 11) is 0. The third-order valence-corrected chi connectivity index (χ3v) is 3.78. The van der Waals surface area contributed by atoms with E-state index in [9.17, 15) is 10.2 Å². The number of hydrogen-bond acceptors (Lipinski definition) is 7. The number of anilines is 1. The number of rotatable bonds is 2. The van der Waals surface area contributed by atoms with Gasteiger partial charge in [-0.2, -0.15) is 0 Å². The molecule has 0 spiro atoms. The normalized spacial score (nSPS) is 31.8. The number of nitrogens with two attached hydrogens (primary N) is 1. The first-order valence-corrected chi connectivity index (χ1v) is 6.45. The van der Waals surface area contributed by atoms with Crippen molar-refractivity contribution in [2.75, 3.05) is 5.73 Å². The maximum absolute atomic E-state index is 10.3. The van der Waals surface area contributed by atoms with Crippen LogP contribution in [-0.4, -0.2) is 48.0 Å². The minimum absolute atomic E-state index is 0.198. The zero-order valence-electron chi connectivity index (χ0n) is 11.2. The molecule has 1 aliphatic rings. The van der Waals surface area contributed by atoms with E-state index in [0.717, 1.165) is 0 Å². The molecule has 0 aromatic carbocycles. The molecule has 8 nitrogen and oxygen atoms in total. The fourth-order valence-electron chi connectivity index (χ4n) is 2.66. The van der Waals surface area contributed by atoms with Gasteiger partial charge in [-0.15, -0.1) is 0 Å². The van der Waals surface area contributed by atoms with Gasteiger partial charge in [0, 0.05) is 5.92 Å². The van der Waals surface area contributed by atoms with Gasteiger partial charge in [-0.05, 0) is 6.92 Å². The van der Waals surface area contributed by atoms with Crippen molar-refractivity contribution in [2.24, 2.45) is 5.92 Å². The lowest BCUT2D eigenvalue weighted by Gasteiger charge is -2.18. The summed E-state index contributed by atoms with van der Waals surface area (Å²) in [5.41, 5.74) is 6.70. The maximum Gasteiger partial charge on any atom is 0.167 e. The van der Waals surface area contributed by atoms with E-state index in [1.807, 2.05) is 6.92 Å². The van der Waals surface area contributed by atoms with Crippen molar-refractivity contribution in [3.05, 3.63) is 12.7 Å². The van der Waals surface area contributed by atoms with Gasteiger partial charge in [0.05, 0.1) is 18.5 Å². The smallest absolute Gasteiger partial charge is 0.167 e. The Morgan fingerprint density at radius 2 is 2.15 bits per heavy atom. The van der Waals surface area contributed by atoms with Gasteiger partial charge in [-0.25, -0.2) is 15.0 Å². The Bertz CT molecular complexity index is 629. The average molecular weight is 279 g/mol. The number of hydrogen-bond donors (Lipinski definition) is 3. The second-order valence-corrected chi connectivity index (χ2v) is 5.16. The first-order valence-electron chi connectivity index (χ1n) is 6.45.